The van der Waals surface area contributed by atoms with Crippen LogP contribution >= 0.6 is 23.4 Å². The molecule has 168 valence electrons. The number of anilines is 1. The number of fused-ring (bicyclic) bond motifs is 1. The number of amides is 1. The minimum absolute atomic E-state index is 0.130. The van der Waals surface area contributed by atoms with E-state index in [1.165, 1.54) is 11.8 Å². The molecule has 0 unspecified atom stereocenters. The first-order valence-corrected chi connectivity index (χ1v) is 12.1. The fraction of sp³-hybridized carbons (Fsp3) is 0.192. The Morgan fingerprint density at radius 1 is 1.03 bits per heavy atom. The smallest absolute Gasteiger partial charge is 0.262 e. The van der Waals surface area contributed by atoms with Crippen LogP contribution in [0.2, 0.25) is 5.02 Å². The molecule has 1 aromatic heterocycles. The molecule has 0 aliphatic carbocycles. The van der Waals surface area contributed by atoms with Crippen LogP contribution in [-0.4, -0.2) is 21.2 Å². The van der Waals surface area contributed by atoms with Crippen LogP contribution in [0.3, 0.4) is 0 Å². The molecule has 1 amide bonds. The first-order chi connectivity index (χ1) is 16.0. The van der Waals surface area contributed by atoms with Crippen LogP contribution in [0.1, 0.15) is 23.6 Å². The van der Waals surface area contributed by atoms with Crippen molar-refractivity contribution in [3.05, 3.63) is 98.8 Å². The Hall–Kier alpha value is -3.09. The second-order valence-electron chi connectivity index (χ2n) is 7.69. The standard InChI is InChI=1S/C26H24ClN3O2S/c1-3-18-11-8-9-17(2)24(18)29-23(31)16-33-26-28-22-14-7-5-12-20(22)25(32)30(26)15-19-10-4-6-13-21(19)27/h4-14H,3,15-16H2,1-2H3,(H,29,31). The van der Waals surface area contributed by atoms with Crippen LogP contribution in [0.5, 0.6) is 0 Å². The Kier molecular flexibility index (Phi) is 7.16. The van der Waals surface area contributed by atoms with Crippen LogP contribution in [0.4, 0.5) is 5.69 Å². The van der Waals surface area contributed by atoms with Crippen LogP contribution in [0.15, 0.2) is 76.7 Å². The van der Waals surface area contributed by atoms with Gasteiger partial charge in [0.2, 0.25) is 5.91 Å². The lowest BCUT2D eigenvalue weighted by Crippen LogP contribution is -2.25. The average molecular weight is 478 g/mol. The van der Waals surface area contributed by atoms with E-state index in [2.05, 4.69) is 12.2 Å². The third kappa shape index (κ3) is 5.13. The summed E-state index contributed by atoms with van der Waals surface area (Å²) in [4.78, 5) is 30.8. The summed E-state index contributed by atoms with van der Waals surface area (Å²) in [5.41, 5.74) is 4.23. The molecule has 0 radical (unpaired) electrons. The molecule has 0 aliphatic rings. The number of hydrogen-bond acceptors (Lipinski definition) is 4. The van der Waals surface area contributed by atoms with Crippen molar-refractivity contribution in [2.75, 3.05) is 11.1 Å². The molecular weight excluding hydrogens is 454 g/mol. The lowest BCUT2D eigenvalue weighted by molar-refractivity contribution is -0.113. The van der Waals surface area contributed by atoms with E-state index in [9.17, 15) is 9.59 Å². The van der Waals surface area contributed by atoms with Gasteiger partial charge in [0.25, 0.3) is 5.56 Å². The van der Waals surface area contributed by atoms with Gasteiger partial charge in [-0.2, -0.15) is 0 Å². The summed E-state index contributed by atoms with van der Waals surface area (Å²) >= 11 is 7.60. The van der Waals surface area contributed by atoms with Gasteiger partial charge in [0.05, 0.1) is 23.2 Å². The molecule has 0 atom stereocenters. The van der Waals surface area contributed by atoms with E-state index in [0.29, 0.717) is 21.1 Å². The topological polar surface area (TPSA) is 64.0 Å². The number of aromatic nitrogens is 2. The van der Waals surface area contributed by atoms with Crippen molar-refractivity contribution in [2.24, 2.45) is 0 Å². The lowest BCUT2D eigenvalue weighted by atomic mass is 10.1. The number of hydrogen-bond donors (Lipinski definition) is 1. The zero-order chi connectivity index (χ0) is 23.4. The largest absolute Gasteiger partial charge is 0.325 e. The van der Waals surface area contributed by atoms with E-state index in [-0.39, 0.29) is 23.8 Å². The molecule has 5 nitrogen and oxygen atoms in total. The summed E-state index contributed by atoms with van der Waals surface area (Å²) in [7, 11) is 0. The molecule has 0 fully saturated rings. The van der Waals surface area contributed by atoms with Gasteiger partial charge in [-0.15, -0.1) is 0 Å². The Morgan fingerprint density at radius 3 is 2.55 bits per heavy atom. The van der Waals surface area contributed by atoms with Crippen LogP contribution in [0, 0.1) is 6.92 Å². The van der Waals surface area contributed by atoms with E-state index in [1.54, 1.807) is 16.7 Å². The summed E-state index contributed by atoms with van der Waals surface area (Å²) in [6.45, 7) is 4.32. The Labute approximate surface area is 201 Å². The Bertz CT molecular complexity index is 1380. The Morgan fingerprint density at radius 2 is 1.76 bits per heavy atom. The summed E-state index contributed by atoms with van der Waals surface area (Å²) in [6, 6.07) is 20.6. The number of benzene rings is 3. The number of para-hydroxylation sites is 2. The quantitative estimate of drug-likeness (QED) is 0.274. The normalized spacial score (nSPS) is 11.0. The second-order valence-corrected chi connectivity index (χ2v) is 9.04. The maximum absolute atomic E-state index is 13.3. The highest BCUT2D eigenvalue weighted by atomic mass is 35.5. The third-order valence-electron chi connectivity index (χ3n) is 5.45. The van der Waals surface area contributed by atoms with Crippen molar-refractivity contribution in [1.29, 1.82) is 0 Å². The molecule has 33 heavy (non-hydrogen) atoms. The highest BCUT2D eigenvalue weighted by molar-refractivity contribution is 7.99. The van der Waals surface area contributed by atoms with Gasteiger partial charge in [-0.05, 0) is 48.2 Å². The molecule has 7 heteroatoms. The predicted octanol–water partition coefficient (Wildman–Crippen LogP) is 5.70. The van der Waals surface area contributed by atoms with Crippen molar-refractivity contribution in [1.82, 2.24) is 9.55 Å². The van der Waals surface area contributed by atoms with Crippen LogP contribution in [-0.2, 0) is 17.8 Å². The fourth-order valence-electron chi connectivity index (χ4n) is 3.70. The molecule has 1 N–H and O–H groups in total. The van der Waals surface area contributed by atoms with Crippen LogP contribution in [0.25, 0.3) is 10.9 Å². The number of thioether (sulfide) groups is 1. The highest BCUT2D eigenvalue weighted by Crippen LogP contribution is 2.24. The summed E-state index contributed by atoms with van der Waals surface area (Å²) in [6.07, 6.45) is 0.827. The zero-order valence-corrected chi connectivity index (χ0v) is 20.0. The molecule has 0 saturated carbocycles. The zero-order valence-electron chi connectivity index (χ0n) is 18.5. The molecular formula is C26H24ClN3O2S. The average Bonchev–Trinajstić information content (AvgIpc) is 2.82. The summed E-state index contributed by atoms with van der Waals surface area (Å²) in [5, 5.41) is 4.63. The van der Waals surface area contributed by atoms with E-state index < -0.39 is 0 Å². The van der Waals surface area contributed by atoms with Gasteiger partial charge in [-0.25, -0.2) is 4.98 Å². The number of aryl methyl sites for hydroxylation is 2. The molecule has 3 aromatic carbocycles. The third-order valence-corrected chi connectivity index (χ3v) is 6.79. The number of carbonyl (C=O) groups is 1. The minimum atomic E-state index is -0.157. The van der Waals surface area contributed by atoms with E-state index in [4.69, 9.17) is 16.6 Å². The summed E-state index contributed by atoms with van der Waals surface area (Å²) < 4.78 is 1.59. The molecule has 1 heterocycles. The van der Waals surface area contributed by atoms with E-state index >= 15 is 0 Å². The van der Waals surface area contributed by atoms with Crippen molar-refractivity contribution < 1.29 is 4.79 Å². The van der Waals surface area contributed by atoms with Crippen molar-refractivity contribution >= 4 is 45.9 Å². The number of nitrogens with one attached hydrogen (secondary N) is 1. The van der Waals surface area contributed by atoms with Gasteiger partial charge < -0.3 is 5.32 Å². The first-order valence-electron chi connectivity index (χ1n) is 10.7. The van der Waals surface area contributed by atoms with Gasteiger partial charge in [-0.3, -0.25) is 14.2 Å². The predicted molar refractivity (Wildman–Crippen MR) is 136 cm³/mol. The number of rotatable bonds is 7. The molecule has 0 aliphatic heterocycles. The van der Waals surface area contributed by atoms with Gasteiger partial charge >= 0.3 is 0 Å². The van der Waals surface area contributed by atoms with Crippen molar-refractivity contribution in [2.45, 2.75) is 32.0 Å². The highest BCUT2D eigenvalue weighted by Gasteiger charge is 2.16. The second kappa shape index (κ2) is 10.2. The Balaban J connectivity index is 1.64. The molecule has 4 aromatic rings. The molecule has 4 rings (SSSR count). The molecule has 0 spiro atoms. The van der Waals surface area contributed by atoms with Gasteiger partial charge in [0.1, 0.15) is 0 Å². The van der Waals surface area contributed by atoms with Gasteiger partial charge in [0, 0.05) is 10.7 Å². The molecule has 0 saturated heterocycles. The van der Waals surface area contributed by atoms with Gasteiger partial charge in [0.15, 0.2) is 5.16 Å². The SMILES string of the molecule is CCc1cccc(C)c1NC(=O)CSc1nc2ccccc2c(=O)n1Cc1ccccc1Cl. The van der Waals surface area contributed by atoms with Crippen molar-refractivity contribution in [3.63, 3.8) is 0 Å². The van der Waals surface area contributed by atoms with Crippen LogP contribution < -0.4 is 10.9 Å². The maximum atomic E-state index is 13.3. The first kappa shape index (κ1) is 23.1. The number of carbonyl (C=O) groups excluding carboxylic acids is 1. The van der Waals surface area contributed by atoms with Crippen molar-refractivity contribution in [3.8, 4) is 0 Å². The monoisotopic (exact) mass is 477 g/mol. The fourth-order valence-corrected chi connectivity index (χ4v) is 4.70. The van der Waals surface area contributed by atoms with E-state index in [1.807, 2.05) is 61.5 Å². The number of halogens is 1. The summed E-state index contributed by atoms with van der Waals surface area (Å²) in [5.74, 6) is -0.0131. The number of nitrogens with zero attached hydrogens (tertiary/aromatic N) is 2. The van der Waals surface area contributed by atoms with Gasteiger partial charge in [-0.1, -0.05) is 78.8 Å². The lowest BCUT2D eigenvalue weighted by Gasteiger charge is -2.15. The molecule has 0 bridgehead atoms. The minimum Gasteiger partial charge on any atom is -0.325 e. The van der Waals surface area contributed by atoms with E-state index in [0.717, 1.165) is 28.8 Å². The maximum Gasteiger partial charge on any atom is 0.262 e.